The topological polar surface area (TPSA) is 115 Å². The van der Waals surface area contributed by atoms with Crippen molar-refractivity contribution in [3.8, 4) is 11.1 Å². The van der Waals surface area contributed by atoms with Gasteiger partial charge in [0, 0.05) is 0 Å². The first kappa shape index (κ1) is 15.1. The van der Waals surface area contributed by atoms with Gasteiger partial charge in [-0.05, 0) is 29.3 Å². The molecule has 0 amide bonds. The van der Waals surface area contributed by atoms with E-state index in [2.05, 4.69) is 0 Å². The molecule has 0 aliphatic rings. The monoisotopic (exact) mass is 314 g/mol. The van der Waals surface area contributed by atoms with E-state index in [1.807, 2.05) is 0 Å². The fraction of sp³-hybridized carbons (Fsp3) is 0. The van der Waals surface area contributed by atoms with Gasteiger partial charge in [0.15, 0.2) is 0 Å². The molecule has 106 valence electrons. The number of hydrogen-bond acceptors (Lipinski definition) is 2. The standard InChI is InChI=1S/C12H12O6P2/c13-19(14,15)10-5-3-4-9(8-10)11-6-1-2-7-12(11)20(16,17)18/h1-8H,(H2,13,14,15)(H2,16,17,18). The Morgan fingerprint density at radius 1 is 0.750 bits per heavy atom. The summed E-state index contributed by atoms with van der Waals surface area (Å²) >= 11 is 0. The fourth-order valence-corrected chi connectivity index (χ4v) is 3.21. The summed E-state index contributed by atoms with van der Waals surface area (Å²) in [7, 11) is -8.89. The number of rotatable bonds is 3. The molecule has 2 aromatic carbocycles. The fourth-order valence-electron chi connectivity index (χ4n) is 1.83. The predicted molar refractivity (Wildman–Crippen MR) is 75.2 cm³/mol. The van der Waals surface area contributed by atoms with Crippen LogP contribution in [0.2, 0.25) is 0 Å². The Bertz CT molecular complexity index is 730. The van der Waals surface area contributed by atoms with Gasteiger partial charge in [-0.25, -0.2) is 0 Å². The van der Waals surface area contributed by atoms with Gasteiger partial charge in [0.1, 0.15) is 0 Å². The Labute approximate surface area is 115 Å². The van der Waals surface area contributed by atoms with Gasteiger partial charge in [-0.1, -0.05) is 30.3 Å². The van der Waals surface area contributed by atoms with Crippen molar-refractivity contribution >= 4 is 25.8 Å². The van der Waals surface area contributed by atoms with Crippen molar-refractivity contribution in [2.45, 2.75) is 0 Å². The van der Waals surface area contributed by atoms with Crippen LogP contribution in [0.4, 0.5) is 0 Å². The molecule has 0 heterocycles. The largest absolute Gasteiger partial charge is 0.356 e. The van der Waals surface area contributed by atoms with Gasteiger partial charge in [0.2, 0.25) is 0 Å². The van der Waals surface area contributed by atoms with Crippen LogP contribution in [0.3, 0.4) is 0 Å². The van der Waals surface area contributed by atoms with Crippen LogP contribution in [0.1, 0.15) is 0 Å². The molecule has 0 spiro atoms. The van der Waals surface area contributed by atoms with E-state index in [9.17, 15) is 18.9 Å². The van der Waals surface area contributed by atoms with Crippen molar-refractivity contribution in [2.24, 2.45) is 0 Å². The average Bonchev–Trinajstić information content (AvgIpc) is 2.37. The van der Waals surface area contributed by atoms with Crippen LogP contribution in [0, 0.1) is 0 Å². The summed E-state index contributed by atoms with van der Waals surface area (Å²) in [5, 5.41) is -0.377. The molecule has 0 aliphatic heterocycles. The zero-order valence-electron chi connectivity index (χ0n) is 10.1. The van der Waals surface area contributed by atoms with Crippen LogP contribution >= 0.6 is 15.2 Å². The molecule has 2 aromatic rings. The molecule has 0 saturated carbocycles. The average molecular weight is 314 g/mol. The zero-order valence-corrected chi connectivity index (χ0v) is 11.9. The highest BCUT2D eigenvalue weighted by Gasteiger charge is 2.23. The minimum Gasteiger partial charge on any atom is -0.321 e. The second-order valence-electron chi connectivity index (χ2n) is 4.16. The first-order valence-corrected chi connectivity index (χ1v) is 8.74. The third-order valence-electron chi connectivity index (χ3n) is 2.71. The maximum absolute atomic E-state index is 11.4. The van der Waals surface area contributed by atoms with Crippen molar-refractivity contribution in [3.63, 3.8) is 0 Å². The predicted octanol–water partition coefficient (Wildman–Crippen LogP) is 0.960. The molecule has 8 heteroatoms. The Kier molecular flexibility index (Phi) is 3.98. The summed E-state index contributed by atoms with van der Waals surface area (Å²) in [5.41, 5.74) is 0.584. The van der Waals surface area contributed by atoms with Crippen LogP contribution < -0.4 is 10.6 Å². The van der Waals surface area contributed by atoms with E-state index < -0.39 is 15.2 Å². The molecule has 0 aliphatic carbocycles. The molecule has 20 heavy (non-hydrogen) atoms. The second-order valence-corrected chi connectivity index (χ2v) is 7.33. The highest BCUT2D eigenvalue weighted by Crippen LogP contribution is 2.39. The van der Waals surface area contributed by atoms with Crippen molar-refractivity contribution in [2.75, 3.05) is 0 Å². The minimum absolute atomic E-state index is 0.178. The summed E-state index contributed by atoms with van der Waals surface area (Å²) in [5.74, 6) is 0. The van der Waals surface area contributed by atoms with E-state index in [0.717, 1.165) is 0 Å². The van der Waals surface area contributed by atoms with Crippen molar-refractivity contribution in [3.05, 3.63) is 48.5 Å². The highest BCUT2D eigenvalue weighted by molar-refractivity contribution is 7.60. The number of hydrogen-bond donors (Lipinski definition) is 4. The summed E-state index contributed by atoms with van der Waals surface area (Å²) in [6.07, 6.45) is 0. The quantitative estimate of drug-likeness (QED) is 0.627. The Balaban J connectivity index is 2.65. The van der Waals surface area contributed by atoms with Gasteiger partial charge in [-0.3, -0.25) is 9.13 Å². The highest BCUT2D eigenvalue weighted by atomic mass is 31.2. The molecule has 0 bridgehead atoms. The van der Waals surface area contributed by atoms with Gasteiger partial charge in [-0.2, -0.15) is 0 Å². The lowest BCUT2D eigenvalue weighted by Crippen LogP contribution is -2.09. The second kappa shape index (κ2) is 5.26. The van der Waals surface area contributed by atoms with Gasteiger partial charge in [-0.15, -0.1) is 0 Å². The lowest BCUT2D eigenvalue weighted by atomic mass is 10.1. The molecule has 0 radical (unpaired) electrons. The van der Waals surface area contributed by atoms with Crippen molar-refractivity contribution in [1.82, 2.24) is 0 Å². The van der Waals surface area contributed by atoms with E-state index in [1.54, 1.807) is 6.07 Å². The molecule has 6 nitrogen and oxygen atoms in total. The van der Waals surface area contributed by atoms with E-state index in [1.165, 1.54) is 42.5 Å². The third kappa shape index (κ3) is 3.25. The zero-order chi connectivity index (χ0) is 15.0. The summed E-state index contributed by atoms with van der Waals surface area (Å²) in [6, 6.07) is 11.3. The first-order chi connectivity index (χ1) is 9.19. The number of benzene rings is 2. The minimum atomic E-state index is -4.47. The molecular weight excluding hydrogens is 302 g/mol. The van der Waals surface area contributed by atoms with Gasteiger partial charge in [0.25, 0.3) is 0 Å². The molecule has 0 fully saturated rings. The van der Waals surface area contributed by atoms with E-state index in [4.69, 9.17) is 9.79 Å². The maximum Gasteiger partial charge on any atom is 0.356 e. The van der Waals surface area contributed by atoms with Gasteiger partial charge < -0.3 is 19.6 Å². The Morgan fingerprint density at radius 3 is 2.00 bits per heavy atom. The molecule has 4 N–H and O–H groups in total. The van der Waals surface area contributed by atoms with Crippen LogP contribution in [-0.4, -0.2) is 19.6 Å². The molecular formula is C12H12O6P2. The summed E-state index contributed by atoms with van der Waals surface area (Å²) < 4.78 is 22.7. The summed E-state index contributed by atoms with van der Waals surface area (Å²) in [4.78, 5) is 36.9. The van der Waals surface area contributed by atoms with Crippen LogP contribution in [0.25, 0.3) is 11.1 Å². The Morgan fingerprint density at radius 2 is 1.40 bits per heavy atom. The molecule has 0 unspecified atom stereocenters. The van der Waals surface area contributed by atoms with Crippen LogP contribution in [0.15, 0.2) is 48.5 Å². The third-order valence-corrected chi connectivity index (χ3v) is 4.68. The summed E-state index contributed by atoms with van der Waals surface area (Å²) in [6.45, 7) is 0. The smallest absolute Gasteiger partial charge is 0.321 e. The van der Waals surface area contributed by atoms with E-state index in [-0.39, 0.29) is 16.2 Å². The first-order valence-electron chi connectivity index (χ1n) is 5.51. The van der Waals surface area contributed by atoms with E-state index >= 15 is 0 Å². The van der Waals surface area contributed by atoms with Gasteiger partial charge in [0.05, 0.1) is 10.6 Å². The van der Waals surface area contributed by atoms with Crippen molar-refractivity contribution in [1.29, 1.82) is 0 Å². The maximum atomic E-state index is 11.4. The SMILES string of the molecule is O=P(O)(O)c1cccc(-c2ccccc2P(=O)(O)O)c1. The molecule has 2 rings (SSSR count). The van der Waals surface area contributed by atoms with E-state index in [0.29, 0.717) is 5.56 Å². The Hall–Kier alpha value is -1.26. The van der Waals surface area contributed by atoms with Crippen LogP contribution in [-0.2, 0) is 9.13 Å². The van der Waals surface area contributed by atoms with Gasteiger partial charge >= 0.3 is 15.2 Å². The normalized spacial score (nSPS) is 12.4. The molecule has 0 saturated heterocycles. The molecule has 0 atom stereocenters. The lowest BCUT2D eigenvalue weighted by Gasteiger charge is -2.12. The molecule has 0 aromatic heterocycles. The lowest BCUT2D eigenvalue weighted by molar-refractivity contribution is 0.385. The van der Waals surface area contributed by atoms with Crippen molar-refractivity contribution < 1.29 is 28.7 Å². The van der Waals surface area contributed by atoms with Crippen LogP contribution in [0.5, 0.6) is 0 Å².